The highest BCUT2D eigenvalue weighted by Crippen LogP contribution is 2.38. The number of aryl methyl sites for hydroxylation is 2. The van der Waals surface area contributed by atoms with Crippen molar-refractivity contribution in [3.05, 3.63) is 85.9 Å². The van der Waals surface area contributed by atoms with E-state index in [9.17, 15) is 19.2 Å². The summed E-state index contributed by atoms with van der Waals surface area (Å²) in [5.74, 6) is -1.91. The molecule has 1 aliphatic rings. The van der Waals surface area contributed by atoms with Crippen LogP contribution >= 0.6 is 34.8 Å². The number of hydrogen-bond acceptors (Lipinski definition) is 6. The van der Waals surface area contributed by atoms with Gasteiger partial charge in [0.25, 0.3) is 17.7 Å². The second-order valence-corrected chi connectivity index (χ2v) is 10.2. The highest BCUT2D eigenvalue weighted by molar-refractivity contribution is 6.40. The smallest absolute Gasteiger partial charge is 0.335 e. The lowest BCUT2D eigenvalue weighted by Crippen LogP contribution is -2.54. The number of amides is 5. The molecule has 0 aromatic heterocycles. The number of nitrogens with one attached hydrogen (secondary N) is 2. The zero-order chi connectivity index (χ0) is 29.8. The number of halogens is 3. The van der Waals surface area contributed by atoms with E-state index in [1.807, 2.05) is 6.92 Å². The fourth-order valence-corrected chi connectivity index (χ4v) is 4.49. The van der Waals surface area contributed by atoms with Crippen LogP contribution in [0.4, 0.5) is 16.2 Å². The van der Waals surface area contributed by atoms with Crippen LogP contribution in [-0.4, -0.2) is 37.0 Å². The third-order valence-corrected chi connectivity index (χ3v) is 7.06. The average Bonchev–Trinajstić information content (AvgIpc) is 2.90. The van der Waals surface area contributed by atoms with Gasteiger partial charge in [-0.1, -0.05) is 46.9 Å². The van der Waals surface area contributed by atoms with Crippen molar-refractivity contribution in [3.8, 4) is 11.5 Å². The second-order valence-electron chi connectivity index (χ2n) is 8.96. The molecule has 3 aromatic carbocycles. The Bertz CT molecular complexity index is 1600. The molecule has 1 saturated heterocycles. The summed E-state index contributed by atoms with van der Waals surface area (Å²) in [6.07, 6.45) is 1.28. The molecule has 2 N–H and O–H groups in total. The van der Waals surface area contributed by atoms with Crippen LogP contribution < -0.4 is 25.0 Å². The van der Waals surface area contributed by atoms with Gasteiger partial charge < -0.3 is 14.8 Å². The van der Waals surface area contributed by atoms with E-state index in [4.69, 9.17) is 44.3 Å². The first kappa shape index (κ1) is 29.9. The number of urea groups is 1. The fourth-order valence-electron chi connectivity index (χ4n) is 3.86. The number of hydrogen-bond donors (Lipinski definition) is 2. The molecule has 12 heteroatoms. The molecule has 0 unspecified atom stereocenters. The first-order chi connectivity index (χ1) is 19.5. The van der Waals surface area contributed by atoms with Gasteiger partial charge in [-0.3, -0.25) is 19.7 Å². The van der Waals surface area contributed by atoms with Crippen molar-refractivity contribution >= 4 is 76.0 Å². The molecule has 0 saturated carbocycles. The van der Waals surface area contributed by atoms with Crippen molar-refractivity contribution in [2.45, 2.75) is 20.8 Å². The minimum absolute atomic E-state index is 0.0656. The van der Waals surface area contributed by atoms with E-state index in [0.29, 0.717) is 21.3 Å². The SMILES string of the molecule is CCOc1cc(/C=C2\C(=O)NC(=O)N(c3ccc(C)c(Cl)c3)C2=O)cc(Cl)c1OCC(=O)Nc1ccc(C)c(Cl)c1. The van der Waals surface area contributed by atoms with Gasteiger partial charge in [0, 0.05) is 15.7 Å². The predicted molar refractivity (Wildman–Crippen MR) is 158 cm³/mol. The third-order valence-electron chi connectivity index (χ3n) is 5.96. The molecular formula is C29H24Cl3N3O6. The zero-order valence-electron chi connectivity index (χ0n) is 22.1. The maximum Gasteiger partial charge on any atom is 0.335 e. The minimum atomic E-state index is -0.903. The van der Waals surface area contributed by atoms with E-state index in [1.165, 1.54) is 24.3 Å². The number of rotatable bonds is 8. The Morgan fingerprint density at radius 1 is 0.927 bits per heavy atom. The van der Waals surface area contributed by atoms with Crippen LogP contribution in [-0.2, 0) is 14.4 Å². The molecule has 0 spiro atoms. The standard InChI is InChI=1S/C29H24Cl3N3O6/c1-4-40-24-11-17(10-23(32)26(24)41-14-25(36)33-18-7-5-15(2)21(30)12-18)9-20-27(37)34-29(39)35(28(20)38)19-8-6-16(3)22(31)13-19/h5-13H,4,14H2,1-3H3,(H,33,36)(H,34,37,39)/b20-9+. The molecule has 41 heavy (non-hydrogen) atoms. The zero-order valence-corrected chi connectivity index (χ0v) is 24.4. The molecule has 0 atom stereocenters. The largest absolute Gasteiger partial charge is 0.490 e. The van der Waals surface area contributed by atoms with E-state index < -0.39 is 23.8 Å². The molecule has 0 bridgehead atoms. The molecule has 212 valence electrons. The fraction of sp³-hybridized carbons (Fsp3) is 0.172. The van der Waals surface area contributed by atoms with Crippen LogP contribution in [0.3, 0.4) is 0 Å². The lowest BCUT2D eigenvalue weighted by atomic mass is 10.1. The monoisotopic (exact) mass is 615 g/mol. The van der Waals surface area contributed by atoms with Crippen LogP contribution in [0, 0.1) is 13.8 Å². The lowest BCUT2D eigenvalue weighted by molar-refractivity contribution is -0.122. The second kappa shape index (κ2) is 12.6. The molecular weight excluding hydrogens is 593 g/mol. The van der Waals surface area contributed by atoms with Gasteiger partial charge in [0.15, 0.2) is 18.1 Å². The molecule has 1 fully saturated rings. The van der Waals surface area contributed by atoms with Crippen LogP contribution in [0.15, 0.2) is 54.1 Å². The van der Waals surface area contributed by atoms with E-state index in [2.05, 4.69) is 10.6 Å². The predicted octanol–water partition coefficient (Wildman–Crippen LogP) is 6.35. The van der Waals surface area contributed by atoms with Crippen molar-refractivity contribution in [2.75, 3.05) is 23.4 Å². The minimum Gasteiger partial charge on any atom is -0.490 e. The van der Waals surface area contributed by atoms with E-state index in [1.54, 1.807) is 44.2 Å². The Kier molecular flexibility index (Phi) is 9.22. The van der Waals surface area contributed by atoms with Crippen LogP contribution in [0.25, 0.3) is 6.08 Å². The van der Waals surface area contributed by atoms with Gasteiger partial charge in [0.1, 0.15) is 5.57 Å². The summed E-state index contributed by atoms with van der Waals surface area (Å²) in [5.41, 5.74) is 2.33. The quantitative estimate of drug-likeness (QED) is 0.225. The van der Waals surface area contributed by atoms with Gasteiger partial charge in [-0.15, -0.1) is 0 Å². The van der Waals surface area contributed by atoms with Crippen molar-refractivity contribution in [2.24, 2.45) is 0 Å². The Morgan fingerprint density at radius 2 is 1.61 bits per heavy atom. The van der Waals surface area contributed by atoms with E-state index in [-0.39, 0.29) is 41.0 Å². The molecule has 5 amide bonds. The summed E-state index contributed by atoms with van der Waals surface area (Å²) in [4.78, 5) is 51.7. The summed E-state index contributed by atoms with van der Waals surface area (Å²) >= 11 is 18.8. The average molecular weight is 617 g/mol. The van der Waals surface area contributed by atoms with Crippen LogP contribution in [0.5, 0.6) is 11.5 Å². The maximum atomic E-state index is 13.3. The number of ether oxygens (including phenoxy) is 2. The summed E-state index contributed by atoms with van der Waals surface area (Å²) < 4.78 is 11.3. The summed E-state index contributed by atoms with van der Waals surface area (Å²) in [7, 11) is 0. The summed E-state index contributed by atoms with van der Waals surface area (Å²) in [6.45, 7) is 5.21. The van der Waals surface area contributed by atoms with Crippen LogP contribution in [0.1, 0.15) is 23.6 Å². The summed E-state index contributed by atoms with van der Waals surface area (Å²) in [6, 6.07) is 11.8. The van der Waals surface area contributed by atoms with Gasteiger partial charge in [-0.25, -0.2) is 9.69 Å². The molecule has 0 aliphatic carbocycles. The van der Waals surface area contributed by atoms with Crippen molar-refractivity contribution in [1.82, 2.24) is 5.32 Å². The molecule has 1 aliphatic heterocycles. The number of barbiturate groups is 1. The Morgan fingerprint density at radius 3 is 2.27 bits per heavy atom. The lowest BCUT2D eigenvalue weighted by Gasteiger charge is -2.26. The topological polar surface area (TPSA) is 114 Å². The van der Waals surface area contributed by atoms with Gasteiger partial charge >= 0.3 is 6.03 Å². The molecule has 9 nitrogen and oxygen atoms in total. The third kappa shape index (κ3) is 6.82. The highest BCUT2D eigenvalue weighted by atomic mass is 35.5. The number of anilines is 2. The normalized spacial score (nSPS) is 14.2. The van der Waals surface area contributed by atoms with Gasteiger partial charge in [-0.2, -0.15) is 0 Å². The van der Waals surface area contributed by atoms with E-state index in [0.717, 1.165) is 16.0 Å². The highest BCUT2D eigenvalue weighted by Gasteiger charge is 2.37. The molecule has 0 radical (unpaired) electrons. The number of nitrogens with zero attached hydrogens (tertiary/aromatic N) is 1. The number of carbonyl (C=O) groups is 4. The van der Waals surface area contributed by atoms with Crippen LogP contribution in [0.2, 0.25) is 15.1 Å². The maximum absolute atomic E-state index is 13.3. The van der Waals surface area contributed by atoms with Crippen molar-refractivity contribution in [1.29, 1.82) is 0 Å². The van der Waals surface area contributed by atoms with Gasteiger partial charge in [-0.05, 0) is 79.9 Å². The van der Waals surface area contributed by atoms with Gasteiger partial charge in [0.2, 0.25) is 0 Å². The molecule has 1 heterocycles. The number of benzene rings is 3. The van der Waals surface area contributed by atoms with Crippen molar-refractivity contribution < 1.29 is 28.7 Å². The Labute approximate surface area is 251 Å². The first-order valence-corrected chi connectivity index (χ1v) is 13.4. The Hall–Kier alpha value is -4.05. The summed E-state index contributed by atoms with van der Waals surface area (Å²) in [5, 5.41) is 5.78. The molecule has 4 rings (SSSR count). The number of carbonyl (C=O) groups excluding carboxylic acids is 4. The first-order valence-electron chi connectivity index (χ1n) is 12.3. The van der Waals surface area contributed by atoms with E-state index >= 15 is 0 Å². The molecule has 3 aromatic rings. The number of imide groups is 2. The Balaban J connectivity index is 1.58. The van der Waals surface area contributed by atoms with Crippen molar-refractivity contribution in [3.63, 3.8) is 0 Å². The van der Waals surface area contributed by atoms with Gasteiger partial charge in [0.05, 0.1) is 17.3 Å².